The van der Waals surface area contributed by atoms with Crippen LogP contribution in [0.5, 0.6) is 5.75 Å². The molecule has 9 heteroatoms. The molecule has 0 spiro atoms. The third-order valence-electron chi connectivity index (χ3n) is 5.46. The number of morpholine rings is 1. The molecule has 8 nitrogen and oxygen atoms in total. The zero-order valence-corrected chi connectivity index (χ0v) is 19.5. The van der Waals surface area contributed by atoms with Gasteiger partial charge in [-0.05, 0) is 48.6 Å². The molecule has 0 amide bonds. The highest BCUT2D eigenvalue weighted by molar-refractivity contribution is 7.80. The maximum Gasteiger partial charge on any atom is 0.187 e. The van der Waals surface area contributed by atoms with Gasteiger partial charge in [0.25, 0.3) is 0 Å². The number of ether oxygens (including phenoxy) is 2. The zero-order valence-electron chi connectivity index (χ0n) is 18.7. The van der Waals surface area contributed by atoms with Crippen molar-refractivity contribution in [2.75, 3.05) is 46.5 Å². The van der Waals surface area contributed by atoms with Crippen LogP contribution in [0, 0.1) is 0 Å². The molecule has 0 radical (unpaired) electrons. The van der Waals surface area contributed by atoms with Crippen molar-refractivity contribution in [2.24, 2.45) is 5.10 Å². The Kier molecular flexibility index (Phi) is 8.02. The number of hydrazone groups is 1. The number of benzene rings is 2. The van der Waals surface area contributed by atoms with Gasteiger partial charge in [0.2, 0.25) is 0 Å². The second-order valence-corrected chi connectivity index (χ2v) is 8.09. The third-order valence-corrected chi connectivity index (χ3v) is 5.70. The Morgan fingerprint density at radius 2 is 1.94 bits per heavy atom. The first-order valence-corrected chi connectivity index (χ1v) is 11.4. The molecule has 0 atom stereocenters. The summed E-state index contributed by atoms with van der Waals surface area (Å²) < 4.78 is 12.5. The van der Waals surface area contributed by atoms with Gasteiger partial charge < -0.3 is 19.7 Å². The highest BCUT2D eigenvalue weighted by Crippen LogP contribution is 2.24. The summed E-state index contributed by atoms with van der Waals surface area (Å²) in [6.45, 7) is 5.53. The smallest absolute Gasteiger partial charge is 0.187 e. The number of para-hydroxylation sites is 1. The molecule has 4 rings (SSSR count). The molecule has 1 aromatic heterocycles. The Bertz CT molecular complexity index is 1060. The number of hydrogen-bond donors (Lipinski definition) is 3. The van der Waals surface area contributed by atoms with Gasteiger partial charge in [-0.1, -0.05) is 18.2 Å². The van der Waals surface area contributed by atoms with Crippen LogP contribution < -0.4 is 20.4 Å². The van der Waals surface area contributed by atoms with Gasteiger partial charge in [-0.15, -0.1) is 0 Å². The van der Waals surface area contributed by atoms with E-state index >= 15 is 0 Å². The van der Waals surface area contributed by atoms with Gasteiger partial charge in [0, 0.05) is 17.3 Å². The van der Waals surface area contributed by atoms with Gasteiger partial charge >= 0.3 is 0 Å². The van der Waals surface area contributed by atoms with E-state index in [9.17, 15) is 0 Å². The molecule has 3 N–H and O–H groups in total. The van der Waals surface area contributed by atoms with Gasteiger partial charge in [0.05, 0.1) is 45.3 Å². The molecule has 2 aromatic carbocycles. The normalized spacial score (nSPS) is 14.3. The molecule has 3 aromatic rings. The fourth-order valence-electron chi connectivity index (χ4n) is 3.63. The predicted molar refractivity (Wildman–Crippen MR) is 133 cm³/mol. The number of aromatic nitrogens is 2. The highest BCUT2D eigenvalue weighted by Gasteiger charge is 2.13. The molecule has 1 fully saturated rings. The van der Waals surface area contributed by atoms with Crippen LogP contribution in [-0.4, -0.2) is 67.6 Å². The van der Waals surface area contributed by atoms with E-state index in [1.54, 1.807) is 13.3 Å². The Labute approximate surface area is 199 Å². The Balaban J connectivity index is 1.43. The topological polar surface area (TPSA) is 77.1 Å². The summed E-state index contributed by atoms with van der Waals surface area (Å²) in [4.78, 5) is 1.53. The van der Waals surface area contributed by atoms with Crippen LogP contribution in [0.3, 0.4) is 0 Å². The van der Waals surface area contributed by atoms with Crippen LogP contribution in [0.2, 0.25) is 0 Å². The van der Waals surface area contributed by atoms with Crippen molar-refractivity contribution < 1.29 is 14.4 Å². The Hall–Kier alpha value is -3.27. The van der Waals surface area contributed by atoms with E-state index in [2.05, 4.69) is 15.8 Å². The lowest BCUT2D eigenvalue weighted by atomic mass is 10.1. The van der Waals surface area contributed by atoms with E-state index in [0.29, 0.717) is 5.11 Å². The summed E-state index contributed by atoms with van der Waals surface area (Å²) in [6, 6.07) is 17.8. The van der Waals surface area contributed by atoms with Gasteiger partial charge in [0.1, 0.15) is 24.5 Å². The Morgan fingerprint density at radius 1 is 1.18 bits per heavy atom. The van der Waals surface area contributed by atoms with E-state index in [1.165, 1.54) is 4.90 Å². The van der Waals surface area contributed by atoms with E-state index in [4.69, 9.17) is 26.8 Å². The first kappa shape index (κ1) is 22.9. The van der Waals surface area contributed by atoms with Crippen LogP contribution in [0.25, 0.3) is 16.9 Å². The molecule has 33 heavy (non-hydrogen) atoms. The van der Waals surface area contributed by atoms with Gasteiger partial charge in [-0.25, -0.2) is 4.68 Å². The minimum atomic E-state index is 0.500. The molecule has 1 aliphatic rings. The second kappa shape index (κ2) is 11.6. The van der Waals surface area contributed by atoms with Crippen molar-refractivity contribution in [1.29, 1.82) is 0 Å². The van der Waals surface area contributed by atoms with Crippen LogP contribution >= 0.6 is 12.2 Å². The molecule has 2 heterocycles. The van der Waals surface area contributed by atoms with Crippen molar-refractivity contribution >= 4 is 23.5 Å². The minimum absolute atomic E-state index is 0.500. The van der Waals surface area contributed by atoms with Crippen LogP contribution in [0.1, 0.15) is 5.56 Å². The standard InChI is InChI=1S/C24H28N6O2S/c1-31-22-9-7-19(8-10-22)23-20(18-30(28-23)21-5-3-2-4-6-21)17-26-27-24(33)25-11-12-29-13-15-32-16-14-29/h2-10,17-18H,11-16H2,1H3,(H2,25,27,33)/p+1/b26-17-. The number of nitrogens with one attached hydrogen (secondary N) is 3. The monoisotopic (exact) mass is 465 g/mol. The Morgan fingerprint density at radius 3 is 2.67 bits per heavy atom. The highest BCUT2D eigenvalue weighted by atomic mass is 32.1. The van der Waals surface area contributed by atoms with Crippen molar-refractivity contribution in [3.05, 3.63) is 66.4 Å². The summed E-state index contributed by atoms with van der Waals surface area (Å²) >= 11 is 5.37. The fraction of sp³-hybridized carbons (Fsp3) is 0.292. The van der Waals surface area contributed by atoms with Gasteiger partial charge in [-0.2, -0.15) is 10.2 Å². The fourth-order valence-corrected chi connectivity index (χ4v) is 3.79. The lowest BCUT2D eigenvalue weighted by Gasteiger charge is -2.23. The lowest BCUT2D eigenvalue weighted by molar-refractivity contribution is -0.906. The van der Waals surface area contributed by atoms with Crippen LogP contribution in [0.4, 0.5) is 0 Å². The van der Waals surface area contributed by atoms with Gasteiger partial charge in [-0.3, -0.25) is 5.43 Å². The van der Waals surface area contributed by atoms with Crippen molar-refractivity contribution in [2.45, 2.75) is 0 Å². The lowest BCUT2D eigenvalue weighted by Crippen LogP contribution is -3.14. The van der Waals surface area contributed by atoms with Crippen LogP contribution in [-0.2, 0) is 4.74 Å². The van der Waals surface area contributed by atoms with Crippen molar-refractivity contribution in [3.8, 4) is 22.7 Å². The zero-order chi connectivity index (χ0) is 22.9. The average molecular weight is 466 g/mol. The van der Waals surface area contributed by atoms with E-state index in [1.807, 2.05) is 65.5 Å². The summed E-state index contributed by atoms with van der Waals surface area (Å²) in [6.07, 6.45) is 3.70. The van der Waals surface area contributed by atoms with Gasteiger partial charge in [0.15, 0.2) is 5.11 Å². The summed E-state index contributed by atoms with van der Waals surface area (Å²) in [7, 11) is 1.65. The molecule has 1 aliphatic heterocycles. The van der Waals surface area contributed by atoms with Crippen molar-refractivity contribution in [3.63, 3.8) is 0 Å². The summed E-state index contributed by atoms with van der Waals surface area (Å²) in [5.74, 6) is 0.800. The third kappa shape index (κ3) is 6.38. The maximum atomic E-state index is 5.39. The number of quaternary nitrogens is 1. The number of rotatable bonds is 8. The van der Waals surface area contributed by atoms with E-state index in [0.717, 1.165) is 67.7 Å². The molecule has 0 bridgehead atoms. The maximum absolute atomic E-state index is 5.39. The second-order valence-electron chi connectivity index (χ2n) is 7.68. The van der Waals surface area contributed by atoms with E-state index in [-0.39, 0.29) is 0 Å². The van der Waals surface area contributed by atoms with Crippen LogP contribution in [0.15, 0.2) is 65.9 Å². The number of nitrogens with zero attached hydrogens (tertiary/aromatic N) is 3. The predicted octanol–water partition coefficient (Wildman–Crippen LogP) is 1.26. The van der Waals surface area contributed by atoms with E-state index < -0.39 is 0 Å². The molecule has 172 valence electrons. The molecule has 0 saturated carbocycles. The molecule has 0 unspecified atom stereocenters. The number of hydrogen-bond acceptors (Lipinski definition) is 5. The average Bonchev–Trinajstić information content (AvgIpc) is 3.29. The molecular weight excluding hydrogens is 436 g/mol. The first-order chi connectivity index (χ1) is 16.2. The molecular formula is C24H29N6O2S+. The minimum Gasteiger partial charge on any atom is -0.497 e. The number of thiocarbonyl (C=S) groups is 1. The largest absolute Gasteiger partial charge is 0.497 e. The van der Waals surface area contributed by atoms with Crippen molar-refractivity contribution in [1.82, 2.24) is 20.5 Å². The molecule has 0 aliphatic carbocycles. The SMILES string of the molecule is COc1ccc(-c2nn(-c3ccccc3)cc2/C=N\NC(=S)NCC[NH+]2CCOCC2)cc1. The number of methoxy groups -OCH3 is 1. The quantitative estimate of drug-likeness (QED) is 0.264. The summed E-state index contributed by atoms with van der Waals surface area (Å²) in [5, 5.41) is 12.9. The summed E-state index contributed by atoms with van der Waals surface area (Å²) in [5.41, 5.74) is 6.56. The molecule has 1 saturated heterocycles. The first-order valence-electron chi connectivity index (χ1n) is 11.0.